The molecule has 9 heteroatoms. The van der Waals surface area contributed by atoms with E-state index in [0.717, 1.165) is 0 Å². The van der Waals surface area contributed by atoms with Crippen molar-refractivity contribution in [2.24, 2.45) is 0 Å². The van der Waals surface area contributed by atoms with Crippen molar-refractivity contribution in [3.63, 3.8) is 0 Å². The number of rotatable bonds is 5. The number of nitrogens with one attached hydrogen (secondary N) is 1. The number of hydrogen-bond donors (Lipinski definition) is 1. The number of carbonyl (C=O) groups excluding carboxylic acids is 2. The van der Waals surface area contributed by atoms with Crippen molar-refractivity contribution in [3.8, 4) is 0 Å². The highest BCUT2D eigenvalue weighted by molar-refractivity contribution is 7.98. The number of ketones is 1. The molecule has 2 heterocycles. The average molecular weight is 426 g/mol. The van der Waals surface area contributed by atoms with Crippen LogP contribution in [0.15, 0.2) is 38.5 Å². The van der Waals surface area contributed by atoms with Crippen molar-refractivity contribution in [2.45, 2.75) is 17.7 Å². The van der Waals surface area contributed by atoms with Crippen molar-refractivity contribution >= 4 is 57.6 Å². The van der Waals surface area contributed by atoms with E-state index in [9.17, 15) is 14.4 Å². The molecule has 6 nitrogen and oxygen atoms in total. The molecule has 0 atom stereocenters. The smallest absolute Gasteiger partial charge is 0.373 e. The van der Waals surface area contributed by atoms with Crippen LogP contribution >= 0.6 is 35.0 Å². The number of aromatic nitrogens is 1. The van der Waals surface area contributed by atoms with Crippen LogP contribution in [0.2, 0.25) is 10.0 Å². The molecule has 0 aliphatic rings. The van der Waals surface area contributed by atoms with Crippen molar-refractivity contribution in [1.82, 2.24) is 4.98 Å². The van der Waals surface area contributed by atoms with Crippen LogP contribution in [0.5, 0.6) is 0 Å². The number of pyridine rings is 1. The molecule has 0 saturated heterocycles. The molecule has 0 spiro atoms. The molecule has 0 saturated carbocycles. The molecule has 3 rings (SSSR count). The van der Waals surface area contributed by atoms with Gasteiger partial charge in [-0.05, 0) is 31.2 Å². The quantitative estimate of drug-likeness (QED) is 0.361. The second kappa shape index (κ2) is 7.80. The Bertz CT molecular complexity index is 1120. The van der Waals surface area contributed by atoms with Crippen molar-refractivity contribution in [3.05, 3.63) is 61.6 Å². The fourth-order valence-electron chi connectivity index (χ4n) is 2.54. The van der Waals surface area contributed by atoms with E-state index in [-0.39, 0.29) is 27.5 Å². The number of esters is 1. The number of furan rings is 1. The molecule has 1 aromatic carbocycles. The Hall–Kier alpha value is -2.22. The Morgan fingerprint density at radius 3 is 2.56 bits per heavy atom. The van der Waals surface area contributed by atoms with Gasteiger partial charge in [0, 0.05) is 0 Å². The number of H-pyrrole nitrogens is 1. The van der Waals surface area contributed by atoms with Gasteiger partial charge in [-0.25, -0.2) is 4.79 Å². The van der Waals surface area contributed by atoms with Gasteiger partial charge >= 0.3 is 5.97 Å². The molecule has 140 valence electrons. The van der Waals surface area contributed by atoms with E-state index >= 15 is 0 Å². The van der Waals surface area contributed by atoms with Crippen LogP contribution in [0.4, 0.5) is 0 Å². The summed E-state index contributed by atoms with van der Waals surface area (Å²) < 4.78 is 9.99. The first-order valence-corrected chi connectivity index (χ1v) is 9.42. The molecule has 3 aromatic rings. The summed E-state index contributed by atoms with van der Waals surface area (Å²) in [5, 5.41) is 1.04. The summed E-state index contributed by atoms with van der Waals surface area (Å²) >= 11 is 13.5. The third-order valence-corrected chi connectivity index (χ3v) is 5.44. The Balaban J connectivity index is 2.03. The van der Waals surface area contributed by atoms with Gasteiger partial charge in [0.05, 0.1) is 44.4 Å². The lowest BCUT2D eigenvalue weighted by atomic mass is 10.1. The van der Waals surface area contributed by atoms with Gasteiger partial charge in [-0.15, -0.1) is 0 Å². The van der Waals surface area contributed by atoms with Gasteiger partial charge in [0.1, 0.15) is 5.76 Å². The maximum atomic E-state index is 12.8. The summed E-state index contributed by atoms with van der Waals surface area (Å²) in [6.45, 7) is 1.31. The van der Waals surface area contributed by atoms with E-state index in [1.807, 2.05) is 0 Å². The predicted molar refractivity (Wildman–Crippen MR) is 104 cm³/mol. The van der Waals surface area contributed by atoms with E-state index in [0.29, 0.717) is 21.3 Å². The molecule has 0 aliphatic heterocycles. The van der Waals surface area contributed by atoms with Gasteiger partial charge < -0.3 is 14.1 Å². The van der Waals surface area contributed by atoms with Crippen LogP contribution in [0, 0.1) is 0 Å². The second-order valence-corrected chi connectivity index (χ2v) is 7.34. The number of thioether (sulfide) groups is 1. The minimum Gasteiger partial charge on any atom is -0.463 e. The maximum absolute atomic E-state index is 12.8. The van der Waals surface area contributed by atoms with E-state index in [4.69, 9.17) is 27.6 Å². The van der Waals surface area contributed by atoms with Gasteiger partial charge in [-0.3, -0.25) is 9.59 Å². The van der Waals surface area contributed by atoms with E-state index in [1.54, 1.807) is 12.1 Å². The lowest BCUT2D eigenvalue weighted by molar-refractivity contribution is 0.0563. The fraction of sp³-hybridized carbons (Fsp3) is 0.167. The van der Waals surface area contributed by atoms with Gasteiger partial charge in [0.25, 0.3) is 0 Å². The number of carbonyl (C=O) groups is 2. The molecule has 0 radical (unpaired) electrons. The molecule has 0 unspecified atom stereocenters. The maximum Gasteiger partial charge on any atom is 0.373 e. The molecule has 0 fully saturated rings. The molecule has 27 heavy (non-hydrogen) atoms. The standard InChI is InChI=1S/C18H13Cl2NO5S/c1-8(22)13-16(23)14-10(19)4-5-11(20)15(14)21-17(13)27-7-9-3-6-12(26-9)18(24)25-2/h3-6H,7H2,1-2H3,(H,21,23). The average Bonchev–Trinajstić information content (AvgIpc) is 3.10. The number of halogens is 2. The van der Waals surface area contributed by atoms with Gasteiger partial charge in [0.2, 0.25) is 11.2 Å². The number of aromatic amines is 1. The highest BCUT2D eigenvalue weighted by Crippen LogP contribution is 2.31. The zero-order valence-electron chi connectivity index (χ0n) is 14.2. The Morgan fingerprint density at radius 2 is 1.89 bits per heavy atom. The number of ether oxygens (including phenoxy) is 1. The van der Waals surface area contributed by atoms with Gasteiger partial charge in [-0.2, -0.15) is 0 Å². The molecule has 1 N–H and O–H groups in total. The summed E-state index contributed by atoms with van der Waals surface area (Å²) in [5.74, 6) is -0.158. The molecular weight excluding hydrogens is 413 g/mol. The molecule has 2 aromatic heterocycles. The number of benzene rings is 1. The third kappa shape index (κ3) is 3.76. The van der Waals surface area contributed by atoms with E-state index in [1.165, 1.54) is 37.9 Å². The zero-order chi connectivity index (χ0) is 19.7. The van der Waals surface area contributed by atoms with Crippen LogP contribution in [0.3, 0.4) is 0 Å². The largest absolute Gasteiger partial charge is 0.463 e. The monoisotopic (exact) mass is 425 g/mol. The summed E-state index contributed by atoms with van der Waals surface area (Å²) in [5.41, 5.74) is -0.131. The summed E-state index contributed by atoms with van der Waals surface area (Å²) in [6, 6.07) is 6.19. The highest BCUT2D eigenvalue weighted by Gasteiger charge is 2.20. The number of Topliss-reactive ketones (excluding diaryl/α,β-unsaturated/α-hetero) is 1. The van der Waals surface area contributed by atoms with E-state index in [2.05, 4.69) is 9.72 Å². The van der Waals surface area contributed by atoms with Gasteiger partial charge in [0.15, 0.2) is 5.78 Å². The van der Waals surface area contributed by atoms with Crippen molar-refractivity contribution < 1.29 is 18.7 Å². The topological polar surface area (TPSA) is 89.4 Å². The normalized spacial score (nSPS) is 11.0. The Labute approximate surface area is 167 Å². The summed E-state index contributed by atoms with van der Waals surface area (Å²) in [7, 11) is 1.26. The van der Waals surface area contributed by atoms with Crippen LogP contribution < -0.4 is 5.43 Å². The van der Waals surface area contributed by atoms with Crippen LogP contribution in [0.25, 0.3) is 10.9 Å². The minimum atomic E-state index is -0.587. The third-order valence-electron chi connectivity index (χ3n) is 3.78. The van der Waals surface area contributed by atoms with Crippen molar-refractivity contribution in [2.75, 3.05) is 7.11 Å². The predicted octanol–water partition coefficient (Wildman–Crippen LogP) is 4.71. The molecule has 0 bridgehead atoms. The number of hydrogen-bond acceptors (Lipinski definition) is 6. The molecular formula is C18H13Cl2NO5S. The summed E-state index contributed by atoms with van der Waals surface area (Å²) in [6.07, 6.45) is 0. The zero-order valence-corrected chi connectivity index (χ0v) is 16.6. The van der Waals surface area contributed by atoms with Crippen LogP contribution in [0.1, 0.15) is 33.6 Å². The molecule has 0 aliphatic carbocycles. The first-order chi connectivity index (χ1) is 12.8. The first-order valence-electron chi connectivity index (χ1n) is 7.68. The first kappa shape index (κ1) is 19.5. The fourth-order valence-corrected chi connectivity index (χ4v) is 3.98. The lowest BCUT2D eigenvalue weighted by Gasteiger charge is -2.10. The SMILES string of the molecule is COC(=O)c1ccc(CSc2[nH]c3c(Cl)ccc(Cl)c3c(=O)c2C(C)=O)o1. The number of methoxy groups -OCH3 is 1. The molecule has 0 amide bonds. The van der Waals surface area contributed by atoms with Crippen molar-refractivity contribution in [1.29, 1.82) is 0 Å². The second-order valence-electron chi connectivity index (χ2n) is 5.54. The van der Waals surface area contributed by atoms with Crippen LogP contribution in [-0.2, 0) is 10.5 Å². The Kier molecular flexibility index (Phi) is 5.64. The Morgan fingerprint density at radius 1 is 1.19 bits per heavy atom. The highest BCUT2D eigenvalue weighted by atomic mass is 35.5. The van der Waals surface area contributed by atoms with Crippen LogP contribution in [-0.4, -0.2) is 23.8 Å². The lowest BCUT2D eigenvalue weighted by Crippen LogP contribution is -2.17. The van der Waals surface area contributed by atoms with E-state index < -0.39 is 17.2 Å². The number of fused-ring (bicyclic) bond motifs is 1. The van der Waals surface area contributed by atoms with Gasteiger partial charge in [-0.1, -0.05) is 35.0 Å². The minimum absolute atomic E-state index is 0.00332. The summed E-state index contributed by atoms with van der Waals surface area (Å²) in [4.78, 5) is 39.4.